The van der Waals surface area contributed by atoms with E-state index in [1.54, 1.807) is 6.07 Å². The molecule has 1 aliphatic rings. The Morgan fingerprint density at radius 1 is 1.27 bits per heavy atom. The molecule has 2 rings (SSSR count). The molecule has 0 bridgehead atoms. The molecule has 1 aliphatic carbocycles. The van der Waals surface area contributed by atoms with Crippen LogP contribution in [0, 0.1) is 11.7 Å². The van der Waals surface area contributed by atoms with Gasteiger partial charge in [0.15, 0.2) is 5.78 Å². The lowest BCUT2D eigenvalue weighted by Gasteiger charge is -2.08. The van der Waals surface area contributed by atoms with Gasteiger partial charge in [-0.1, -0.05) is 28.8 Å². The zero-order valence-corrected chi connectivity index (χ0v) is 9.89. The van der Waals surface area contributed by atoms with Crippen molar-refractivity contribution in [3.8, 4) is 0 Å². The van der Waals surface area contributed by atoms with Crippen LogP contribution in [-0.4, -0.2) is 5.78 Å². The Hall–Kier alpha value is -0.700. The summed E-state index contributed by atoms with van der Waals surface area (Å²) in [7, 11) is 0. The molecule has 15 heavy (non-hydrogen) atoms. The van der Waals surface area contributed by atoms with Crippen molar-refractivity contribution in [1.29, 1.82) is 0 Å². The minimum absolute atomic E-state index is 0.0905. The van der Waals surface area contributed by atoms with Crippen molar-refractivity contribution in [3.63, 3.8) is 0 Å². The zero-order chi connectivity index (χ0) is 10.8. The normalized spacial score (nSPS) is 16.9. The quantitative estimate of drug-likeness (QED) is 0.744. The molecule has 0 aliphatic heterocycles. The molecule has 0 N–H and O–H groups in total. The van der Waals surface area contributed by atoms with E-state index < -0.39 is 0 Å². The van der Waals surface area contributed by atoms with E-state index in [0.29, 0.717) is 10.0 Å². The van der Waals surface area contributed by atoms with Crippen molar-refractivity contribution < 1.29 is 9.18 Å². The molecule has 1 aromatic rings. The second kappa shape index (κ2) is 4.44. The van der Waals surface area contributed by atoms with Gasteiger partial charge in [-0.2, -0.15) is 0 Å². The third kappa shape index (κ3) is 2.46. The first-order chi connectivity index (χ1) is 7.16. The Morgan fingerprint density at radius 2 is 1.93 bits per heavy atom. The van der Waals surface area contributed by atoms with Crippen molar-refractivity contribution >= 4 is 21.7 Å². The number of Topliss-reactive ketones (excluding diaryl/α,β-unsaturated/α-hetero) is 1. The van der Waals surface area contributed by atoms with Crippen LogP contribution >= 0.6 is 15.9 Å². The second-order valence-corrected chi connectivity index (χ2v) is 4.92. The van der Waals surface area contributed by atoms with E-state index in [2.05, 4.69) is 15.9 Å². The third-order valence-corrected chi connectivity index (χ3v) is 3.33. The third-order valence-electron chi connectivity index (χ3n) is 2.87. The van der Waals surface area contributed by atoms with Crippen LogP contribution in [-0.2, 0) is 0 Å². The van der Waals surface area contributed by atoms with Crippen molar-refractivity contribution in [2.75, 3.05) is 0 Å². The summed E-state index contributed by atoms with van der Waals surface area (Å²) in [6, 6.07) is 4.39. The Labute approximate surface area is 96.8 Å². The SMILES string of the molecule is O=C(c1cc(F)cc(Br)c1)C1CCCC1. The fraction of sp³-hybridized carbons (Fsp3) is 0.417. The second-order valence-electron chi connectivity index (χ2n) is 4.00. The molecule has 1 nitrogen and oxygen atoms in total. The van der Waals surface area contributed by atoms with Gasteiger partial charge in [0, 0.05) is 16.0 Å². The van der Waals surface area contributed by atoms with Crippen LogP contribution in [0.15, 0.2) is 22.7 Å². The summed E-state index contributed by atoms with van der Waals surface area (Å²) in [6.45, 7) is 0. The summed E-state index contributed by atoms with van der Waals surface area (Å²) in [4.78, 5) is 12.0. The van der Waals surface area contributed by atoms with Crippen LogP contribution in [0.4, 0.5) is 4.39 Å². The van der Waals surface area contributed by atoms with Crippen LogP contribution in [0.1, 0.15) is 36.0 Å². The predicted molar refractivity (Wildman–Crippen MR) is 60.4 cm³/mol. The van der Waals surface area contributed by atoms with E-state index in [-0.39, 0.29) is 17.5 Å². The molecule has 1 saturated carbocycles. The van der Waals surface area contributed by atoms with Crippen molar-refractivity contribution in [3.05, 3.63) is 34.1 Å². The zero-order valence-electron chi connectivity index (χ0n) is 8.30. The Bertz CT molecular complexity index is 363. The average molecular weight is 271 g/mol. The molecule has 0 atom stereocenters. The van der Waals surface area contributed by atoms with Gasteiger partial charge in [0.2, 0.25) is 0 Å². The maximum absolute atomic E-state index is 13.1. The number of hydrogen-bond donors (Lipinski definition) is 0. The van der Waals surface area contributed by atoms with Crippen LogP contribution < -0.4 is 0 Å². The highest BCUT2D eigenvalue weighted by Crippen LogP contribution is 2.29. The molecule has 0 saturated heterocycles. The van der Waals surface area contributed by atoms with Crippen molar-refractivity contribution in [2.45, 2.75) is 25.7 Å². The molecule has 1 fully saturated rings. The Kier molecular flexibility index (Phi) is 3.19. The monoisotopic (exact) mass is 270 g/mol. The first-order valence-electron chi connectivity index (χ1n) is 5.17. The van der Waals surface area contributed by atoms with Crippen LogP contribution in [0.25, 0.3) is 0 Å². The van der Waals surface area contributed by atoms with Crippen molar-refractivity contribution in [2.24, 2.45) is 5.92 Å². The minimum atomic E-state index is -0.356. The molecule has 0 radical (unpaired) electrons. The largest absolute Gasteiger partial charge is 0.294 e. The van der Waals surface area contributed by atoms with E-state index in [9.17, 15) is 9.18 Å². The molecule has 3 heteroatoms. The number of halogens is 2. The lowest BCUT2D eigenvalue weighted by atomic mass is 9.96. The van der Waals surface area contributed by atoms with E-state index in [1.807, 2.05) is 0 Å². The van der Waals surface area contributed by atoms with Gasteiger partial charge >= 0.3 is 0 Å². The molecule has 1 aromatic carbocycles. The highest BCUT2D eigenvalue weighted by atomic mass is 79.9. The van der Waals surface area contributed by atoms with E-state index in [1.165, 1.54) is 12.1 Å². The summed E-state index contributed by atoms with van der Waals surface area (Å²) < 4.78 is 13.7. The molecule has 80 valence electrons. The number of carbonyl (C=O) groups excluding carboxylic acids is 1. The maximum Gasteiger partial charge on any atom is 0.166 e. The van der Waals surface area contributed by atoms with Crippen LogP contribution in [0.5, 0.6) is 0 Å². The lowest BCUT2D eigenvalue weighted by Crippen LogP contribution is -2.11. The van der Waals surface area contributed by atoms with Gasteiger partial charge in [0.25, 0.3) is 0 Å². The van der Waals surface area contributed by atoms with Crippen LogP contribution in [0.2, 0.25) is 0 Å². The molecule has 0 unspecified atom stereocenters. The van der Waals surface area contributed by atoms with Crippen LogP contribution in [0.3, 0.4) is 0 Å². The molecule has 0 heterocycles. The number of ketones is 1. The lowest BCUT2D eigenvalue weighted by molar-refractivity contribution is 0.0922. The highest BCUT2D eigenvalue weighted by molar-refractivity contribution is 9.10. The van der Waals surface area contributed by atoms with Crippen molar-refractivity contribution in [1.82, 2.24) is 0 Å². The molecular weight excluding hydrogens is 259 g/mol. The first kappa shape index (κ1) is 10.8. The number of carbonyl (C=O) groups is 1. The predicted octanol–water partition coefficient (Wildman–Crippen LogP) is 3.96. The average Bonchev–Trinajstić information content (AvgIpc) is 2.67. The van der Waals surface area contributed by atoms with Gasteiger partial charge in [-0.3, -0.25) is 4.79 Å². The van der Waals surface area contributed by atoms with E-state index in [4.69, 9.17) is 0 Å². The smallest absolute Gasteiger partial charge is 0.166 e. The summed E-state index contributed by atoms with van der Waals surface area (Å²) in [6.07, 6.45) is 4.14. The summed E-state index contributed by atoms with van der Waals surface area (Å²) in [5.41, 5.74) is 0.494. The van der Waals surface area contributed by atoms with Gasteiger partial charge in [0.1, 0.15) is 5.82 Å². The van der Waals surface area contributed by atoms with E-state index in [0.717, 1.165) is 25.7 Å². The standard InChI is InChI=1S/C12H12BrFO/c13-10-5-9(6-11(14)7-10)12(15)8-3-1-2-4-8/h5-8H,1-4H2. The van der Waals surface area contributed by atoms with Gasteiger partial charge < -0.3 is 0 Å². The number of benzene rings is 1. The molecule has 0 aromatic heterocycles. The first-order valence-corrected chi connectivity index (χ1v) is 5.96. The Balaban J connectivity index is 2.24. The van der Waals surface area contributed by atoms with Gasteiger partial charge in [-0.25, -0.2) is 4.39 Å². The minimum Gasteiger partial charge on any atom is -0.294 e. The molecule has 0 spiro atoms. The summed E-state index contributed by atoms with van der Waals surface area (Å²) in [5, 5.41) is 0. The van der Waals surface area contributed by atoms with Gasteiger partial charge in [-0.15, -0.1) is 0 Å². The molecular formula is C12H12BrFO. The summed E-state index contributed by atoms with van der Waals surface area (Å²) >= 11 is 3.20. The highest BCUT2D eigenvalue weighted by Gasteiger charge is 2.24. The fourth-order valence-electron chi connectivity index (χ4n) is 2.12. The maximum atomic E-state index is 13.1. The van der Waals surface area contributed by atoms with E-state index >= 15 is 0 Å². The summed E-state index contributed by atoms with van der Waals surface area (Å²) in [5.74, 6) is -0.155. The van der Waals surface area contributed by atoms with Gasteiger partial charge in [-0.05, 0) is 31.0 Å². The molecule has 0 amide bonds. The Morgan fingerprint density at radius 3 is 2.53 bits per heavy atom. The van der Waals surface area contributed by atoms with Gasteiger partial charge in [0.05, 0.1) is 0 Å². The number of rotatable bonds is 2. The fourth-order valence-corrected chi connectivity index (χ4v) is 2.59. The topological polar surface area (TPSA) is 17.1 Å². The number of hydrogen-bond acceptors (Lipinski definition) is 1.